The molecular weight excluding hydrogens is 304 g/mol. The predicted molar refractivity (Wildman–Crippen MR) is 84.1 cm³/mol. The first-order chi connectivity index (χ1) is 10.5. The second-order valence-electron chi connectivity index (χ2n) is 5.60. The molecule has 2 aromatic heterocycles. The summed E-state index contributed by atoms with van der Waals surface area (Å²) in [5.74, 6) is 0.275. The van der Waals surface area contributed by atoms with E-state index in [1.165, 1.54) is 25.6 Å². The Morgan fingerprint density at radius 2 is 1.95 bits per heavy atom. The molecule has 1 aliphatic heterocycles. The minimum absolute atomic E-state index is 0.275. The third kappa shape index (κ3) is 3.53. The van der Waals surface area contributed by atoms with Crippen molar-refractivity contribution < 1.29 is 8.42 Å². The Bertz CT molecular complexity index is 751. The zero-order valence-electron chi connectivity index (χ0n) is 12.6. The molecule has 0 atom stereocenters. The summed E-state index contributed by atoms with van der Waals surface area (Å²) in [7, 11) is -3.37. The van der Waals surface area contributed by atoms with Gasteiger partial charge in [0.05, 0.1) is 24.4 Å². The quantitative estimate of drug-likeness (QED) is 0.869. The fourth-order valence-electron chi connectivity index (χ4n) is 2.73. The first-order valence-corrected chi connectivity index (χ1v) is 9.29. The molecule has 0 unspecified atom stereocenters. The van der Waals surface area contributed by atoms with Crippen molar-refractivity contribution in [2.24, 2.45) is 0 Å². The Hall–Kier alpha value is -1.74. The van der Waals surface area contributed by atoms with E-state index in [0.29, 0.717) is 11.0 Å². The predicted octanol–water partition coefficient (Wildman–Crippen LogP) is 0.684. The van der Waals surface area contributed by atoms with E-state index >= 15 is 0 Å². The van der Waals surface area contributed by atoms with Crippen LogP contribution >= 0.6 is 0 Å². The second-order valence-corrected chi connectivity index (χ2v) is 7.35. The lowest BCUT2D eigenvalue weighted by Crippen LogP contribution is -2.32. The molecule has 3 rings (SSSR count). The Morgan fingerprint density at radius 1 is 1.18 bits per heavy atom. The summed E-state index contributed by atoms with van der Waals surface area (Å²) in [4.78, 5) is 10.6. The molecule has 9 heteroatoms. The SMILES string of the molecule is CS(=O)(=O)Nc1ncnc2c1cnn2CCN1CCCCC1. The molecule has 8 nitrogen and oxygen atoms in total. The van der Waals surface area contributed by atoms with Crippen LogP contribution < -0.4 is 4.72 Å². The number of piperidine rings is 1. The van der Waals surface area contributed by atoms with Gasteiger partial charge in [0.15, 0.2) is 11.5 Å². The molecule has 0 spiro atoms. The van der Waals surface area contributed by atoms with Crippen LogP contribution in [0.25, 0.3) is 11.0 Å². The van der Waals surface area contributed by atoms with Gasteiger partial charge in [-0.25, -0.2) is 23.1 Å². The first-order valence-electron chi connectivity index (χ1n) is 7.39. The maximum Gasteiger partial charge on any atom is 0.230 e. The van der Waals surface area contributed by atoms with Crippen LogP contribution in [0, 0.1) is 0 Å². The molecule has 0 aromatic carbocycles. The molecule has 0 radical (unpaired) electrons. The van der Waals surface area contributed by atoms with Crippen LogP contribution in [0.2, 0.25) is 0 Å². The van der Waals surface area contributed by atoms with Gasteiger partial charge in [-0.1, -0.05) is 6.42 Å². The van der Waals surface area contributed by atoms with Gasteiger partial charge in [0.2, 0.25) is 10.0 Å². The van der Waals surface area contributed by atoms with Crippen molar-refractivity contribution in [3.8, 4) is 0 Å². The van der Waals surface area contributed by atoms with Crippen molar-refractivity contribution in [1.82, 2.24) is 24.6 Å². The maximum atomic E-state index is 11.4. The summed E-state index contributed by atoms with van der Waals surface area (Å²) in [5.41, 5.74) is 0.651. The van der Waals surface area contributed by atoms with E-state index in [9.17, 15) is 8.42 Å². The van der Waals surface area contributed by atoms with Gasteiger partial charge in [0.1, 0.15) is 6.33 Å². The Kier molecular flexibility index (Phi) is 4.25. The molecular formula is C13H20N6O2S. The van der Waals surface area contributed by atoms with Crippen molar-refractivity contribution in [3.63, 3.8) is 0 Å². The van der Waals surface area contributed by atoms with Crippen LogP contribution in [0.4, 0.5) is 5.82 Å². The van der Waals surface area contributed by atoms with Gasteiger partial charge < -0.3 is 4.90 Å². The third-order valence-corrected chi connectivity index (χ3v) is 4.36. The highest BCUT2D eigenvalue weighted by Crippen LogP contribution is 2.19. The van der Waals surface area contributed by atoms with E-state index in [-0.39, 0.29) is 5.82 Å². The molecule has 1 aliphatic rings. The highest BCUT2D eigenvalue weighted by molar-refractivity contribution is 7.92. The molecule has 1 N–H and O–H groups in total. The van der Waals surface area contributed by atoms with Crippen molar-refractivity contribution >= 4 is 26.9 Å². The fraction of sp³-hybridized carbons (Fsp3) is 0.615. The largest absolute Gasteiger partial charge is 0.301 e. The fourth-order valence-corrected chi connectivity index (χ4v) is 3.25. The van der Waals surface area contributed by atoms with Gasteiger partial charge in [0, 0.05) is 6.54 Å². The molecule has 1 fully saturated rings. The summed E-state index contributed by atoms with van der Waals surface area (Å²) in [6.07, 6.45) is 7.89. The molecule has 1 saturated heterocycles. The average Bonchev–Trinajstić information content (AvgIpc) is 2.89. The molecule has 3 heterocycles. The first kappa shape index (κ1) is 15.2. The lowest BCUT2D eigenvalue weighted by Gasteiger charge is -2.26. The zero-order chi connectivity index (χ0) is 15.6. The number of aromatic nitrogens is 4. The highest BCUT2D eigenvalue weighted by Gasteiger charge is 2.14. The monoisotopic (exact) mass is 324 g/mol. The number of hydrogen-bond acceptors (Lipinski definition) is 6. The average molecular weight is 324 g/mol. The van der Waals surface area contributed by atoms with Gasteiger partial charge in [-0.3, -0.25) is 4.72 Å². The summed E-state index contributed by atoms with van der Waals surface area (Å²) in [6, 6.07) is 0. The zero-order valence-corrected chi connectivity index (χ0v) is 13.4. The van der Waals surface area contributed by atoms with Crippen molar-refractivity contribution in [2.45, 2.75) is 25.8 Å². The molecule has 120 valence electrons. The minimum atomic E-state index is -3.37. The topological polar surface area (TPSA) is 93.0 Å². The Balaban J connectivity index is 1.78. The molecule has 0 saturated carbocycles. The van der Waals surface area contributed by atoms with E-state index < -0.39 is 10.0 Å². The maximum absolute atomic E-state index is 11.4. The Labute approximate surface area is 129 Å². The lowest BCUT2D eigenvalue weighted by atomic mass is 10.1. The number of hydrogen-bond donors (Lipinski definition) is 1. The number of fused-ring (bicyclic) bond motifs is 1. The normalized spacial score (nSPS) is 17.0. The van der Waals surface area contributed by atoms with Crippen molar-refractivity contribution in [1.29, 1.82) is 0 Å². The summed E-state index contributed by atoms with van der Waals surface area (Å²) >= 11 is 0. The van der Waals surface area contributed by atoms with Crippen LogP contribution in [0.3, 0.4) is 0 Å². The molecule has 0 amide bonds. The van der Waals surface area contributed by atoms with Crippen molar-refractivity contribution in [2.75, 3.05) is 30.6 Å². The summed E-state index contributed by atoms with van der Waals surface area (Å²) < 4.78 is 27.0. The molecule has 0 bridgehead atoms. The highest BCUT2D eigenvalue weighted by atomic mass is 32.2. The standard InChI is InChI=1S/C13H20N6O2S/c1-22(20,21)17-12-11-9-16-19(13(11)15-10-14-12)8-7-18-5-3-2-4-6-18/h9-10H,2-8H2,1H3,(H,14,15,17). The molecule has 0 aliphatic carbocycles. The lowest BCUT2D eigenvalue weighted by molar-refractivity contribution is 0.219. The van der Waals surface area contributed by atoms with E-state index in [4.69, 9.17) is 0 Å². The van der Waals surface area contributed by atoms with Gasteiger partial charge in [-0.2, -0.15) is 5.10 Å². The van der Waals surface area contributed by atoms with E-state index in [1.807, 2.05) is 0 Å². The van der Waals surface area contributed by atoms with Gasteiger partial charge in [-0.15, -0.1) is 0 Å². The number of nitrogens with one attached hydrogen (secondary N) is 1. The number of nitrogens with zero attached hydrogens (tertiary/aromatic N) is 5. The van der Waals surface area contributed by atoms with Crippen LogP contribution in [0.1, 0.15) is 19.3 Å². The van der Waals surface area contributed by atoms with Gasteiger partial charge >= 0.3 is 0 Å². The van der Waals surface area contributed by atoms with E-state index in [0.717, 1.165) is 32.4 Å². The smallest absolute Gasteiger partial charge is 0.230 e. The molecule has 2 aromatic rings. The number of sulfonamides is 1. The van der Waals surface area contributed by atoms with Crippen LogP contribution in [0.15, 0.2) is 12.5 Å². The van der Waals surface area contributed by atoms with Crippen LogP contribution in [-0.4, -0.2) is 59.0 Å². The van der Waals surface area contributed by atoms with E-state index in [2.05, 4.69) is 24.7 Å². The minimum Gasteiger partial charge on any atom is -0.301 e. The van der Waals surface area contributed by atoms with Gasteiger partial charge in [-0.05, 0) is 25.9 Å². The summed E-state index contributed by atoms with van der Waals surface area (Å²) in [5, 5.41) is 4.94. The Morgan fingerprint density at radius 3 is 2.68 bits per heavy atom. The van der Waals surface area contributed by atoms with Crippen molar-refractivity contribution in [3.05, 3.63) is 12.5 Å². The number of likely N-dealkylation sites (tertiary alicyclic amines) is 1. The van der Waals surface area contributed by atoms with Crippen LogP contribution in [-0.2, 0) is 16.6 Å². The third-order valence-electron chi connectivity index (χ3n) is 3.79. The van der Waals surface area contributed by atoms with Crippen LogP contribution in [0.5, 0.6) is 0 Å². The van der Waals surface area contributed by atoms with Gasteiger partial charge in [0.25, 0.3) is 0 Å². The van der Waals surface area contributed by atoms with E-state index in [1.54, 1.807) is 10.9 Å². The number of rotatable bonds is 5. The second kappa shape index (κ2) is 6.17. The summed E-state index contributed by atoms with van der Waals surface area (Å²) in [6.45, 7) is 3.93. The number of anilines is 1. The molecule has 22 heavy (non-hydrogen) atoms.